The van der Waals surface area contributed by atoms with Crippen molar-refractivity contribution in [2.45, 2.75) is 12.6 Å². The summed E-state index contributed by atoms with van der Waals surface area (Å²) in [7, 11) is 0. The first-order valence-corrected chi connectivity index (χ1v) is 6.69. The molecule has 21 heavy (non-hydrogen) atoms. The van der Waals surface area contributed by atoms with Gasteiger partial charge in [0.1, 0.15) is 5.82 Å². The summed E-state index contributed by atoms with van der Waals surface area (Å²) in [5.41, 5.74) is 0.348. The number of carbonyl (C=O) groups excluding carboxylic acids is 1. The highest BCUT2D eigenvalue weighted by Gasteiger charge is 2.31. The van der Waals surface area contributed by atoms with Crippen LogP contribution in [0.2, 0.25) is 0 Å². The van der Waals surface area contributed by atoms with Gasteiger partial charge in [-0.05, 0) is 30.7 Å². The van der Waals surface area contributed by atoms with Crippen LogP contribution in [-0.4, -0.2) is 54.6 Å². The maximum atomic E-state index is 12.8. The van der Waals surface area contributed by atoms with E-state index in [-0.39, 0.29) is 19.0 Å². The standard InChI is InChI=1S/C14H16F4N2O/c15-12-4-2-11(3-5-12)13(21)20-7-1-6-19(8-9-20)10-14(16,17)18/h2-5H,1,6-10H2. The fraction of sp³-hybridized carbons (Fsp3) is 0.500. The molecule has 0 spiro atoms. The number of benzene rings is 1. The molecule has 0 aliphatic carbocycles. The van der Waals surface area contributed by atoms with Crippen molar-refractivity contribution in [3.8, 4) is 0 Å². The van der Waals surface area contributed by atoms with E-state index in [1.807, 2.05) is 0 Å². The molecular formula is C14H16F4N2O. The molecule has 0 N–H and O–H groups in total. The first kappa shape index (κ1) is 15.8. The zero-order valence-corrected chi connectivity index (χ0v) is 11.4. The van der Waals surface area contributed by atoms with Crippen LogP contribution in [0.25, 0.3) is 0 Å². The molecule has 1 amide bonds. The van der Waals surface area contributed by atoms with Crippen LogP contribution in [0, 0.1) is 5.82 Å². The van der Waals surface area contributed by atoms with Gasteiger partial charge in [-0.1, -0.05) is 0 Å². The van der Waals surface area contributed by atoms with Crippen LogP contribution in [0.1, 0.15) is 16.8 Å². The van der Waals surface area contributed by atoms with Crippen LogP contribution in [0.4, 0.5) is 17.6 Å². The number of alkyl halides is 3. The lowest BCUT2D eigenvalue weighted by atomic mass is 10.2. The molecule has 0 aromatic heterocycles. The summed E-state index contributed by atoms with van der Waals surface area (Å²) in [6.45, 7) is 0.196. The third-order valence-electron chi connectivity index (χ3n) is 3.37. The molecular weight excluding hydrogens is 288 g/mol. The molecule has 7 heteroatoms. The van der Waals surface area contributed by atoms with Gasteiger partial charge in [-0.3, -0.25) is 9.69 Å². The van der Waals surface area contributed by atoms with E-state index >= 15 is 0 Å². The molecule has 116 valence electrons. The Morgan fingerprint density at radius 2 is 1.71 bits per heavy atom. The molecule has 1 heterocycles. The summed E-state index contributed by atoms with van der Waals surface area (Å²) < 4.78 is 49.9. The topological polar surface area (TPSA) is 23.6 Å². The van der Waals surface area contributed by atoms with Crippen molar-refractivity contribution >= 4 is 5.91 Å². The van der Waals surface area contributed by atoms with Crippen LogP contribution in [0.3, 0.4) is 0 Å². The average molecular weight is 304 g/mol. The minimum Gasteiger partial charge on any atom is -0.337 e. The molecule has 1 saturated heterocycles. The van der Waals surface area contributed by atoms with Crippen LogP contribution < -0.4 is 0 Å². The summed E-state index contributed by atoms with van der Waals surface area (Å²) >= 11 is 0. The maximum absolute atomic E-state index is 12.8. The highest BCUT2D eigenvalue weighted by molar-refractivity contribution is 5.94. The smallest absolute Gasteiger partial charge is 0.337 e. The first-order chi connectivity index (χ1) is 9.85. The molecule has 2 rings (SSSR count). The Bertz CT molecular complexity index is 487. The van der Waals surface area contributed by atoms with Crippen LogP contribution in [0.5, 0.6) is 0 Å². The second kappa shape index (κ2) is 6.43. The summed E-state index contributed by atoms with van der Waals surface area (Å²) in [4.78, 5) is 15.0. The number of rotatable bonds is 2. The molecule has 0 unspecified atom stereocenters. The predicted octanol–water partition coefficient (Wildman–Crippen LogP) is 2.54. The van der Waals surface area contributed by atoms with Crippen molar-refractivity contribution in [1.29, 1.82) is 0 Å². The number of carbonyl (C=O) groups is 1. The number of hydrogen-bond donors (Lipinski definition) is 0. The zero-order chi connectivity index (χ0) is 15.5. The maximum Gasteiger partial charge on any atom is 0.401 e. The minimum atomic E-state index is -4.23. The molecule has 1 aromatic carbocycles. The Morgan fingerprint density at radius 3 is 2.33 bits per heavy atom. The number of hydrogen-bond acceptors (Lipinski definition) is 2. The molecule has 0 atom stereocenters. The highest BCUT2D eigenvalue weighted by atomic mass is 19.4. The normalized spacial score (nSPS) is 17.6. The summed E-state index contributed by atoms with van der Waals surface area (Å²) in [5.74, 6) is -0.706. The molecule has 0 saturated carbocycles. The summed E-state index contributed by atoms with van der Waals surface area (Å²) in [5, 5.41) is 0. The number of amides is 1. The lowest BCUT2D eigenvalue weighted by Gasteiger charge is -2.22. The van der Waals surface area contributed by atoms with E-state index in [1.165, 1.54) is 34.1 Å². The van der Waals surface area contributed by atoms with E-state index in [0.29, 0.717) is 25.1 Å². The average Bonchev–Trinajstić information content (AvgIpc) is 2.62. The van der Waals surface area contributed by atoms with E-state index < -0.39 is 18.5 Å². The fourth-order valence-electron chi connectivity index (χ4n) is 2.36. The van der Waals surface area contributed by atoms with Crippen LogP contribution in [0.15, 0.2) is 24.3 Å². The van der Waals surface area contributed by atoms with E-state index in [1.54, 1.807) is 0 Å². The number of halogens is 4. The lowest BCUT2D eigenvalue weighted by molar-refractivity contribution is -0.145. The second-order valence-corrected chi connectivity index (χ2v) is 5.04. The molecule has 1 aromatic rings. The second-order valence-electron chi connectivity index (χ2n) is 5.04. The summed E-state index contributed by atoms with van der Waals surface area (Å²) in [6.07, 6.45) is -3.74. The molecule has 0 radical (unpaired) electrons. The molecule has 1 fully saturated rings. The van der Waals surface area contributed by atoms with Gasteiger partial charge in [-0.2, -0.15) is 13.2 Å². The third kappa shape index (κ3) is 4.70. The largest absolute Gasteiger partial charge is 0.401 e. The van der Waals surface area contributed by atoms with Crippen LogP contribution in [-0.2, 0) is 0 Å². The van der Waals surface area contributed by atoms with Crippen molar-refractivity contribution < 1.29 is 22.4 Å². The predicted molar refractivity (Wildman–Crippen MR) is 69.4 cm³/mol. The van der Waals surface area contributed by atoms with Gasteiger partial charge in [-0.15, -0.1) is 0 Å². The van der Waals surface area contributed by atoms with Gasteiger partial charge in [0.25, 0.3) is 5.91 Å². The van der Waals surface area contributed by atoms with E-state index in [0.717, 1.165) is 0 Å². The highest BCUT2D eigenvalue weighted by Crippen LogP contribution is 2.18. The molecule has 0 bridgehead atoms. The fourth-order valence-corrected chi connectivity index (χ4v) is 2.36. The van der Waals surface area contributed by atoms with Gasteiger partial charge in [0.15, 0.2) is 0 Å². The van der Waals surface area contributed by atoms with Crippen molar-refractivity contribution in [1.82, 2.24) is 9.80 Å². The Kier molecular flexibility index (Phi) is 4.82. The molecule has 1 aliphatic rings. The minimum absolute atomic E-state index is 0.187. The Balaban J connectivity index is 1.96. The Hall–Kier alpha value is -1.63. The van der Waals surface area contributed by atoms with E-state index in [2.05, 4.69) is 0 Å². The van der Waals surface area contributed by atoms with Crippen molar-refractivity contribution in [3.05, 3.63) is 35.6 Å². The van der Waals surface area contributed by atoms with Crippen molar-refractivity contribution in [2.24, 2.45) is 0 Å². The Morgan fingerprint density at radius 1 is 1.05 bits per heavy atom. The van der Waals surface area contributed by atoms with Gasteiger partial charge in [0, 0.05) is 31.7 Å². The van der Waals surface area contributed by atoms with E-state index in [4.69, 9.17) is 0 Å². The molecule has 1 aliphatic heterocycles. The van der Waals surface area contributed by atoms with Gasteiger partial charge >= 0.3 is 6.18 Å². The first-order valence-electron chi connectivity index (χ1n) is 6.69. The van der Waals surface area contributed by atoms with Crippen LogP contribution >= 0.6 is 0 Å². The lowest BCUT2D eigenvalue weighted by Crippen LogP contribution is -2.38. The number of nitrogens with zero attached hydrogens (tertiary/aromatic N) is 2. The zero-order valence-electron chi connectivity index (χ0n) is 11.4. The monoisotopic (exact) mass is 304 g/mol. The molecule has 3 nitrogen and oxygen atoms in total. The van der Waals surface area contributed by atoms with Crippen molar-refractivity contribution in [3.63, 3.8) is 0 Å². The van der Waals surface area contributed by atoms with Gasteiger partial charge in [0.05, 0.1) is 6.54 Å². The Labute approximate surface area is 120 Å². The third-order valence-corrected chi connectivity index (χ3v) is 3.37. The summed E-state index contributed by atoms with van der Waals surface area (Å²) in [6, 6.07) is 5.16. The SMILES string of the molecule is O=C(c1ccc(F)cc1)N1CCCN(CC(F)(F)F)CC1. The van der Waals surface area contributed by atoms with Gasteiger partial charge < -0.3 is 4.90 Å². The van der Waals surface area contributed by atoms with E-state index in [9.17, 15) is 22.4 Å². The quantitative estimate of drug-likeness (QED) is 0.784. The van der Waals surface area contributed by atoms with Crippen molar-refractivity contribution in [2.75, 3.05) is 32.7 Å². The van der Waals surface area contributed by atoms with Gasteiger partial charge in [-0.25, -0.2) is 4.39 Å². The van der Waals surface area contributed by atoms with Gasteiger partial charge in [0.2, 0.25) is 0 Å².